The maximum absolute atomic E-state index is 13.1. The van der Waals surface area contributed by atoms with Crippen LogP contribution in [0.3, 0.4) is 0 Å². The number of nitrogens with zero attached hydrogens (tertiary/aromatic N) is 5. The van der Waals surface area contributed by atoms with Gasteiger partial charge in [0.05, 0.1) is 17.4 Å². The number of nitrogens with one attached hydrogen (secondary N) is 3. The van der Waals surface area contributed by atoms with Gasteiger partial charge in [0.1, 0.15) is 28.3 Å². The van der Waals surface area contributed by atoms with Gasteiger partial charge in [-0.1, -0.05) is 19.1 Å². The fourth-order valence-corrected chi connectivity index (χ4v) is 3.35. The second-order valence-electron chi connectivity index (χ2n) is 6.25. The van der Waals surface area contributed by atoms with E-state index >= 15 is 0 Å². The molecule has 152 valence electrons. The molecule has 0 amide bonds. The van der Waals surface area contributed by atoms with Crippen molar-refractivity contribution >= 4 is 39.7 Å². The summed E-state index contributed by atoms with van der Waals surface area (Å²) in [5.41, 5.74) is 0.914. The molecule has 0 fully saturated rings. The average Bonchev–Trinajstić information content (AvgIpc) is 3.21. The monoisotopic (exact) mass is 422 g/mol. The molecule has 3 aromatic heterocycles. The molecule has 0 saturated carbocycles. The molecule has 10 heteroatoms. The van der Waals surface area contributed by atoms with Crippen LogP contribution in [0, 0.1) is 5.82 Å². The Kier molecular flexibility index (Phi) is 6.04. The van der Waals surface area contributed by atoms with Crippen LogP contribution in [0.15, 0.2) is 55.1 Å². The minimum atomic E-state index is -0.271. The Balaban J connectivity index is 1.56. The van der Waals surface area contributed by atoms with Crippen molar-refractivity contribution in [1.29, 1.82) is 0 Å². The molecule has 0 saturated heterocycles. The summed E-state index contributed by atoms with van der Waals surface area (Å²) in [6.07, 6.45) is 7.47. The number of aromatic nitrogens is 5. The van der Waals surface area contributed by atoms with Crippen LogP contribution in [0.4, 0.5) is 32.8 Å². The number of benzene rings is 1. The van der Waals surface area contributed by atoms with Crippen molar-refractivity contribution in [2.45, 2.75) is 19.9 Å². The van der Waals surface area contributed by atoms with Crippen molar-refractivity contribution in [3.05, 3.63) is 71.5 Å². The highest BCUT2D eigenvalue weighted by Gasteiger charge is 2.08. The summed E-state index contributed by atoms with van der Waals surface area (Å²) >= 11 is 1.57. The molecular formula is C20H19FN8S. The molecule has 0 spiro atoms. The first-order valence-electron chi connectivity index (χ1n) is 9.30. The van der Waals surface area contributed by atoms with E-state index in [0.717, 1.165) is 22.0 Å². The number of hydrogen-bond donors (Lipinski definition) is 3. The Labute approximate surface area is 176 Å². The molecule has 0 aliphatic carbocycles. The van der Waals surface area contributed by atoms with E-state index < -0.39 is 0 Å². The van der Waals surface area contributed by atoms with Crippen LogP contribution in [0.25, 0.3) is 0 Å². The van der Waals surface area contributed by atoms with Crippen LogP contribution in [0.2, 0.25) is 0 Å². The quantitative estimate of drug-likeness (QED) is 0.381. The van der Waals surface area contributed by atoms with Gasteiger partial charge in [-0.25, -0.2) is 14.4 Å². The van der Waals surface area contributed by atoms with E-state index in [1.807, 2.05) is 0 Å². The van der Waals surface area contributed by atoms with E-state index in [9.17, 15) is 4.39 Å². The zero-order chi connectivity index (χ0) is 20.8. The number of thiazole rings is 1. The molecule has 0 unspecified atom stereocenters. The molecule has 30 heavy (non-hydrogen) atoms. The highest BCUT2D eigenvalue weighted by Crippen LogP contribution is 2.25. The topological polar surface area (TPSA) is 101 Å². The minimum absolute atomic E-state index is 0.271. The molecule has 0 radical (unpaired) electrons. The molecule has 0 bridgehead atoms. The first kappa shape index (κ1) is 19.6. The van der Waals surface area contributed by atoms with Gasteiger partial charge in [0.25, 0.3) is 0 Å². The van der Waals surface area contributed by atoms with E-state index in [2.05, 4.69) is 47.8 Å². The maximum Gasteiger partial charge on any atom is 0.226 e. The third-order valence-electron chi connectivity index (χ3n) is 4.02. The zero-order valence-corrected chi connectivity index (χ0v) is 16.9. The third kappa shape index (κ3) is 5.23. The van der Waals surface area contributed by atoms with Gasteiger partial charge in [-0.05, 0) is 24.1 Å². The lowest BCUT2D eigenvalue weighted by Gasteiger charge is -2.11. The second-order valence-corrected chi connectivity index (χ2v) is 7.37. The fourth-order valence-electron chi connectivity index (χ4n) is 2.59. The van der Waals surface area contributed by atoms with Crippen molar-refractivity contribution in [3.8, 4) is 0 Å². The third-order valence-corrected chi connectivity index (χ3v) is 5.07. The predicted molar refractivity (Wildman–Crippen MR) is 116 cm³/mol. The smallest absolute Gasteiger partial charge is 0.226 e. The number of anilines is 5. The second kappa shape index (κ2) is 9.23. The van der Waals surface area contributed by atoms with Gasteiger partial charge in [0, 0.05) is 25.0 Å². The summed E-state index contributed by atoms with van der Waals surface area (Å²) in [5, 5.41) is 11.5. The van der Waals surface area contributed by atoms with Gasteiger partial charge in [-0.15, -0.1) is 11.3 Å². The Hall–Kier alpha value is -3.66. The van der Waals surface area contributed by atoms with E-state index in [1.165, 1.54) is 12.1 Å². The summed E-state index contributed by atoms with van der Waals surface area (Å²) in [6.45, 7) is 2.52. The number of aryl methyl sites for hydroxylation is 1. The lowest BCUT2D eigenvalue weighted by atomic mass is 10.2. The summed E-state index contributed by atoms with van der Waals surface area (Å²) in [4.78, 5) is 21.7. The Morgan fingerprint density at radius 1 is 0.933 bits per heavy atom. The van der Waals surface area contributed by atoms with Crippen LogP contribution < -0.4 is 16.0 Å². The first-order valence-corrected chi connectivity index (χ1v) is 10.1. The Morgan fingerprint density at radius 2 is 1.73 bits per heavy atom. The highest BCUT2D eigenvalue weighted by molar-refractivity contribution is 7.15. The van der Waals surface area contributed by atoms with Gasteiger partial charge < -0.3 is 16.0 Å². The minimum Gasteiger partial charge on any atom is -0.350 e. The van der Waals surface area contributed by atoms with Gasteiger partial charge in [-0.2, -0.15) is 9.97 Å². The summed E-state index contributed by atoms with van der Waals surface area (Å²) in [7, 11) is 0. The predicted octanol–water partition coefficient (Wildman–Crippen LogP) is 4.52. The number of hydrogen-bond acceptors (Lipinski definition) is 9. The lowest BCUT2D eigenvalue weighted by molar-refractivity contribution is 0.627. The Morgan fingerprint density at radius 3 is 2.43 bits per heavy atom. The molecule has 3 heterocycles. The summed E-state index contributed by atoms with van der Waals surface area (Å²) < 4.78 is 13.1. The van der Waals surface area contributed by atoms with E-state index in [-0.39, 0.29) is 5.82 Å². The molecule has 1 aromatic carbocycles. The van der Waals surface area contributed by atoms with Crippen molar-refractivity contribution in [2.24, 2.45) is 0 Å². The fraction of sp³-hybridized carbons (Fsp3) is 0.150. The van der Waals surface area contributed by atoms with E-state index in [0.29, 0.717) is 29.9 Å². The molecule has 0 atom stereocenters. The molecule has 4 rings (SSSR count). The standard InChI is InChI=1S/C20H19FN8S/c1-2-18-24-12-19(30-18)27-16-9-15(26-17-11-22-7-8-23-17)28-20(29-16)25-10-13-3-5-14(21)6-4-13/h3-9,11-12H,2,10H2,1H3,(H3,23,25,26,27,28,29). The SMILES string of the molecule is CCc1ncc(Nc2cc(Nc3cnccn3)nc(NCc3ccc(F)cc3)n2)s1. The van der Waals surface area contributed by atoms with Gasteiger partial charge in [0.15, 0.2) is 0 Å². The molecule has 3 N–H and O–H groups in total. The Bertz CT molecular complexity index is 1100. The van der Waals surface area contributed by atoms with Crippen LogP contribution in [-0.2, 0) is 13.0 Å². The van der Waals surface area contributed by atoms with Gasteiger partial charge in [0.2, 0.25) is 5.95 Å². The number of rotatable bonds is 8. The van der Waals surface area contributed by atoms with Crippen molar-refractivity contribution in [2.75, 3.05) is 16.0 Å². The van der Waals surface area contributed by atoms with Crippen LogP contribution in [-0.4, -0.2) is 24.9 Å². The van der Waals surface area contributed by atoms with Crippen LogP contribution in [0.5, 0.6) is 0 Å². The molecular weight excluding hydrogens is 403 g/mol. The van der Waals surface area contributed by atoms with Gasteiger partial charge in [-0.3, -0.25) is 4.98 Å². The molecule has 0 aliphatic rings. The van der Waals surface area contributed by atoms with Gasteiger partial charge >= 0.3 is 0 Å². The summed E-state index contributed by atoms with van der Waals surface area (Å²) in [5.74, 6) is 1.86. The molecule has 8 nitrogen and oxygen atoms in total. The normalized spacial score (nSPS) is 10.6. The molecule has 4 aromatic rings. The highest BCUT2D eigenvalue weighted by atomic mass is 32.1. The summed E-state index contributed by atoms with van der Waals surface area (Å²) in [6, 6.07) is 8.06. The van der Waals surface area contributed by atoms with E-state index in [1.54, 1.807) is 54.3 Å². The van der Waals surface area contributed by atoms with Crippen molar-refractivity contribution < 1.29 is 4.39 Å². The lowest BCUT2D eigenvalue weighted by Crippen LogP contribution is -2.07. The largest absolute Gasteiger partial charge is 0.350 e. The van der Waals surface area contributed by atoms with Crippen molar-refractivity contribution in [3.63, 3.8) is 0 Å². The first-order chi connectivity index (χ1) is 14.7. The average molecular weight is 422 g/mol. The van der Waals surface area contributed by atoms with E-state index in [4.69, 9.17) is 0 Å². The van der Waals surface area contributed by atoms with Crippen LogP contribution >= 0.6 is 11.3 Å². The van der Waals surface area contributed by atoms with Crippen LogP contribution in [0.1, 0.15) is 17.5 Å². The molecule has 0 aliphatic heterocycles. The number of halogens is 1. The maximum atomic E-state index is 13.1. The van der Waals surface area contributed by atoms with Crippen molar-refractivity contribution in [1.82, 2.24) is 24.9 Å². The zero-order valence-electron chi connectivity index (χ0n) is 16.1.